The molecule has 3 N–H and O–H groups in total. The predicted octanol–water partition coefficient (Wildman–Crippen LogP) is 0.721. The normalized spacial score (nSPS) is 15.9. The summed E-state index contributed by atoms with van der Waals surface area (Å²) in [6.45, 7) is 3.78. The highest BCUT2D eigenvalue weighted by molar-refractivity contribution is 7.89. The summed E-state index contributed by atoms with van der Waals surface area (Å²) in [6, 6.07) is 4.63. The molecule has 0 spiro atoms. The van der Waals surface area contributed by atoms with Crippen LogP contribution in [0.25, 0.3) is 0 Å². The Kier molecular flexibility index (Phi) is 4.85. The van der Waals surface area contributed by atoms with Gasteiger partial charge in [0.25, 0.3) is 0 Å². The van der Waals surface area contributed by atoms with Crippen molar-refractivity contribution in [3.63, 3.8) is 0 Å². The summed E-state index contributed by atoms with van der Waals surface area (Å²) in [7, 11) is -3.53. The van der Waals surface area contributed by atoms with Gasteiger partial charge >= 0.3 is 0 Å². The van der Waals surface area contributed by atoms with Crippen LogP contribution in [0.5, 0.6) is 11.5 Å². The molecule has 1 aromatic rings. The van der Waals surface area contributed by atoms with Crippen molar-refractivity contribution in [2.24, 2.45) is 11.7 Å². The van der Waals surface area contributed by atoms with Gasteiger partial charge in [-0.05, 0) is 31.0 Å². The summed E-state index contributed by atoms with van der Waals surface area (Å²) in [6.07, 6.45) is 0.781. The molecule has 0 aromatic heterocycles. The van der Waals surface area contributed by atoms with Crippen molar-refractivity contribution < 1.29 is 17.9 Å². The predicted molar refractivity (Wildman–Crippen MR) is 75.5 cm³/mol. The summed E-state index contributed by atoms with van der Waals surface area (Å²) in [5.41, 5.74) is 5.45. The summed E-state index contributed by atoms with van der Waals surface area (Å²) >= 11 is 0. The molecule has 0 radical (unpaired) electrons. The van der Waals surface area contributed by atoms with Gasteiger partial charge in [0.2, 0.25) is 10.0 Å². The number of nitrogens with one attached hydrogen (secondary N) is 1. The van der Waals surface area contributed by atoms with Gasteiger partial charge in [-0.15, -0.1) is 0 Å². The molecule has 0 bridgehead atoms. The lowest BCUT2D eigenvalue weighted by molar-refractivity contribution is 0.171. The van der Waals surface area contributed by atoms with Gasteiger partial charge in [0.1, 0.15) is 13.2 Å². The molecule has 0 aliphatic carbocycles. The molecule has 2 rings (SSSR count). The molecule has 20 heavy (non-hydrogen) atoms. The lowest BCUT2D eigenvalue weighted by Gasteiger charge is -2.19. The highest BCUT2D eigenvalue weighted by Gasteiger charge is 2.19. The smallest absolute Gasteiger partial charge is 0.240 e. The Morgan fingerprint density at radius 1 is 1.30 bits per heavy atom. The van der Waals surface area contributed by atoms with E-state index in [2.05, 4.69) is 4.72 Å². The van der Waals surface area contributed by atoms with Crippen molar-refractivity contribution in [2.45, 2.75) is 18.2 Å². The Morgan fingerprint density at radius 2 is 2.00 bits per heavy atom. The topological polar surface area (TPSA) is 90.7 Å². The second kappa shape index (κ2) is 6.43. The fraction of sp³-hybridized carbons (Fsp3) is 0.538. The first-order valence-electron chi connectivity index (χ1n) is 6.62. The monoisotopic (exact) mass is 300 g/mol. The summed E-state index contributed by atoms with van der Waals surface area (Å²) < 4.78 is 37.7. The van der Waals surface area contributed by atoms with Crippen molar-refractivity contribution in [1.29, 1.82) is 0 Å². The highest BCUT2D eigenvalue weighted by atomic mass is 32.2. The van der Waals surface area contributed by atoms with E-state index in [9.17, 15) is 8.42 Å². The average Bonchev–Trinajstić information content (AvgIpc) is 2.45. The van der Waals surface area contributed by atoms with E-state index >= 15 is 0 Å². The quantitative estimate of drug-likeness (QED) is 0.808. The number of fused-ring (bicyclic) bond motifs is 1. The minimum absolute atomic E-state index is 0.182. The van der Waals surface area contributed by atoms with Crippen molar-refractivity contribution in [3.8, 4) is 11.5 Å². The number of hydrogen-bond acceptors (Lipinski definition) is 5. The SMILES string of the molecule is CC(CCN)CNS(=O)(=O)c1ccc2c(c1)OCCO2. The van der Waals surface area contributed by atoms with Gasteiger partial charge in [-0.1, -0.05) is 6.92 Å². The van der Waals surface area contributed by atoms with Crippen LogP contribution in [0.15, 0.2) is 23.1 Å². The van der Waals surface area contributed by atoms with Crippen molar-refractivity contribution in [1.82, 2.24) is 4.72 Å². The van der Waals surface area contributed by atoms with Gasteiger partial charge in [0.15, 0.2) is 11.5 Å². The lowest BCUT2D eigenvalue weighted by atomic mass is 10.1. The molecular weight excluding hydrogens is 280 g/mol. The molecule has 1 aliphatic heterocycles. The van der Waals surface area contributed by atoms with Crippen molar-refractivity contribution in [3.05, 3.63) is 18.2 Å². The van der Waals surface area contributed by atoms with E-state index in [0.29, 0.717) is 37.8 Å². The van der Waals surface area contributed by atoms with Crippen LogP contribution in [0.1, 0.15) is 13.3 Å². The van der Waals surface area contributed by atoms with Gasteiger partial charge in [-0.3, -0.25) is 0 Å². The first-order chi connectivity index (χ1) is 9.53. The molecule has 6 nitrogen and oxygen atoms in total. The van der Waals surface area contributed by atoms with E-state index in [1.807, 2.05) is 6.92 Å². The van der Waals surface area contributed by atoms with Crippen LogP contribution in [0, 0.1) is 5.92 Å². The molecule has 0 saturated carbocycles. The molecule has 1 aromatic carbocycles. The molecule has 0 amide bonds. The Labute approximate surface area is 119 Å². The number of nitrogens with two attached hydrogens (primary N) is 1. The van der Waals surface area contributed by atoms with Crippen molar-refractivity contribution >= 4 is 10.0 Å². The molecule has 1 atom stereocenters. The zero-order valence-corrected chi connectivity index (χ0v) is 12.3. The van der Waals surface area contributed by atoms with Gasteiger partial charge in [-0.2, -0.15) is 0 Å². The summed E-state index contributed by atoms with van der Waals surface area (Å²) in [4.78, 5) is 0.182. The lowest BCUT2D eigenvalue weighted by Crippen LogP contribution is -2.29. The molecule has 0 saturated heterocycles. The van der Waals surface area contributed by atoms with Gasteiger partial charge in [-0.25, -0.2) is 13.1 Å². The number of benzene rings is 1. The van der Waals surface area contributed by atoms with Crippen LogP contribution in [0.3, 0.4) is 0 Å². The van der Waals surface area contributed by atoms with Gasteiger partial charge in [0, 0.05) is 12.6 Å². The zero-order valence-electron chi connectivity index (χ0n) is 11.5. The minimum Gasteiger partial charge on any atom is -0.486 e. The minimum atomic E-state index is -3.53. The fourth-order valence-electron chi connectivity index (χ4n) is 1.91. The third-order valence-electron chi connectivity index (χ3n) is 3.11. The van der Waals surface area contributed by atoms with E-state index in [0.717, 1.165) is 6.42 Å². The van der Waals surface area contributed by atoms with Crippen LogP contribution in [0.4, 0.5) is 0 Å². The Hall–Kier alpha value is -1.31. The highest BCUT2D eigenvalue weighted by Crippen LogP contribution is 2.32. The van der Waals surface area contributed by atoms with E-state index in [4.69, 9.17) is 15.2 Å². The maximum Gasteiger partial charge on any atom is 0.240 e. The third kappa shape index (κ3) is 3.62. The molecular formula is C13H20N2O4S. The largest absolute Gasteiger partial charge is 0.486 e. The van der Waals surface area contributed by atoms with Crippen LogP contribution >= 0.6 is 0 Å². The zero-order chi connectivity index (χ0) is 14.6. The first kappa shape index (κ1) is 15.1. The molecule has 7 heteroatoms. The number of rotatable bonds is 6. The number of sulfonamides is 1. The van der Waals surface area contributed by atoms with Crippen LogP contribution in [-0.4, -0.2) is 34.7 Å². The van der Waals surface area contributed by atoms with Crippen LogP contribution < -0.4 is 19.9 Å². The maximum atomic E-state index is 12.2. The Morgan fingerprint density at radius 3 is 2.70 bits per heavy atom. The first-order valence-corrected chi connectivity index (χ1v) is 8.10. The van der Waals surface area contributed by atoms with Crippen molar-refractivity contribution in [2.75, 3.05) is 26.3 Å². The second-order valence-electron chi connectivity index (χ2n) is 4.84. The molecule has 0 fully saturated rings. The van der Waals surface area contributed by atoms with Crippen LogP contribution in [0.2, 0.25) is 0 Å². The Bertz CT molecular complexity index is 559. The van der Waals surface area contributed by atoms with E-state index in [-0.39, 0.29) is 10.8 Å². The van der Waals surface area contributed by atoms with Gasteiger partial charge < -0.3 is 15.2 Å². The van der Waals surface area contributed by atoms with E-state index < -0.39 is 10.0 Å². The standard InChI is InChI=1S/C13H20N2O4S/c1-10(4-5-14)9-15-20(16,17)11-2-3-12-13(8-11)19-7-6-18-12/h2-3,8,10,15H,4-7,9,14H2,1H3. The Balaban J connectivity index is 2.09. The second-order valence-corrected chi connectivity index (χ2v) is 6.61. The van der Waals surface area contributed by atoms with E-state index in [1.54, 1.807) is 6.07 Å². The van der Waals surface area contributed by atoms with E-state index in [1.165, 1.54) is 12.1 Å². The molecule has 1 aliphatic rings. The third-order valence-corrected chi connectivity index (χ3v) is 4.53. The molecule has 1 heterocycles. The van der Waals surface area contributed by atoms with Crippen LogP contribution in [-0.2, 0) is 10.0 Å². The molecule has 112 valence electrons. The fourth-order valence-corrected chi connectivity index (χ4v) is 3.09. The average molecular weight is 300 g/mol. The number of hydrogen-bond donors (Lipinski definition) is 2. The molecule has 1 unspecified atom stereocenters. The summed E-state index contributed by atoms with van der Waals surface area (Å²) in [5, 5.41) is 0. The van der Waals surface area contributed by atoms with Gasteiger partial charge in [0.05, 0.1) is 4.90 Å². The summed E-state index contributed by atoms with van der Waals surface area (Å²) in [5.74, 6) is 1.24. The number of ether oxygens (including phenoxy) is 2. The maximum absolute atomic E-state index is 12.2.